The Kier molecular flexibility index (Phi) is 9.06. The topological polar surface area (TPSA) is 71.4 Å². The van der Waals surface area contributed by atoms with Crippen molar-refractivity contribution in [2.24, 2.45) is 10.9 Å². The Balaban J connectivity index is 0.00000261. The van der Waals surface area contributed by atoms with Crippen molar-refractivity contribution in [3.63, 3.8) is 0 Å². The van der Waals surface area contributed by atoms with Crippen LogP contribution in [-0.2, 0) is 13.0 Å². The predicted molar refractivity (Wildman–Crippen MR) is 119 cm³/mol. The van der Waals surface area contributed by atoms with Crippen LogP contribution in [0.2, 0.25) is 5.15 Å². The van der Waals surface area contributed by atoms with Crippen LogP contribution in [0.3, 0.4) is 0 Å². The summed E-state index contributed by atoms with van der Waals surface area (Å²) in [5, 5.41) is 7.11. The number of nitrogens with one attached hydrogen (secondary N) is 2. The van der Waals surface area contributed by atoms with E-state index in [4.69, 9.17) is 16.3 Å². The standard InChI is InChI=1S/C19H24ClN5O.HI/c1-21-19(23-9-6-14-4-5-17(20)24-11-14)25-12-16-7-8-22-18(10-16)26-13-15-2-3-15;/h4-5,7-8,10-11,15H,2-3,6,9,12-13H2,1H3,(H2,21,23,25);1H. The Bertz CT molecular complexity index is 737. The summed E-state index contributed by atoms with van der Waals surface area (Å²) in [4.78, 5) is 12.6. The highest BCUT2D eigenvalue weighted by Crippen LogP contribution is 2.29. The minimum Gasteiger partial charge on any atom is -0.477 e. The lowest BCUT2D eigenvalue weighted by Crippen LogP contribution is -2.37. The Morgan fingerprint density at radius 2 is 2.07 bits per heavy atom. The maximum absolute atomic E-state index is 5.80. The number of nitrogens with zero attached hydrogens (tertiary/aromatic N) is 3. The van der Waals surface area contributed by atoms with Gasteiger partial charge in [-0.2, -0.15) is 0 Å². The molecular formula is C19H25ClIN5O. The zero-order valence-corrected chi connectivity index (χ0v) is 18.4. The molecule has 2 aromatic rings. The predicted octanol–water partition coefficient (Wildman–Crippen LogP) is 3.44. The molecule has 6 nitrogen and oxygen atoms in total. The third kappa shape index (κ3) is 7.88. The van der Waals surface area contributed by atoms with Crippen LogP contribution >= 0.6 is 35.6 Å². The Labute approximate surface area is 182 Å². The molecule has 2 aromatic heterocycles. The summed E-state index contributed by atoms with van der Waals surface area (Å²) in [5.74, 6) is 2.16. The second-order valence-electron chi connectivity index (χ2n) is 6.35. The van der Waals surface area contributed by atoms with Crippen LogP contribution in [0, 0.1) is 5.92 Å². The fourth-order valence-corrected chi connectivity index (χ4v) is 2.52. The minimum atomic E-state index is 0. The number of halogens is 2. The van der Waals surface area contributed by atoms with Gasteiger partial charge in [0, 0.05) is 38.6 Å². The fourth-order valence-electron chi connectivity index (χ4n) is 2.41. The highest BCUT2D eigenvalue weighted by molar-refractivity contribution is 14.0. The maximum atomic E-state index is 5.80. The molecule has 0 saturated heterocycles. The van der Waals surface area contributed by atoms with E-state index in [0.29, 0.717) is 17.6 Å². The molecule has 1 saturated carbocycles. The third-order valence-electron chi connectivity index (χ3n) is 4.14. The Morgan fingerprint density at radius 1 is 1.22 bits per heavy atom. The highest BCUT2D eigenvalue weighted by atomic mass is 127. The van der Waals surface area contributed by atoms with Gasteiger partial charge in [0.25, 0.3) is 0 Å². The first kappa shape index (κ1) is 21.7. The molecule has 0 bridgehead atoms. The zero-order valence-electron chi connectivity index (χ0n) is 15.3. The molecule has 0 radical (unpaired) electrons. The first-order chi connectivity index (χ1) is 12.7. The summed E-state index contributed by atoms with van der Waals surface area (Å²) in [6.45, 7) is 2.19. The fraction of sp³-hybridized carbons (Fsp3) is 0.421. The van der Waals surface area contributed by atoms with E-state index in [1.165, 1.54) is 12.8 Å². The zero-order chi connectivity index (χ0) is 18.2. The summed E-state index contributed by atoms with van der Waals surface area (Å²) in [7, 11) is 1.76. The van der Waals surface area contributed by atoms with Crippen molar-refractivity contribution < 1.29 is 4.74 Å². The van der Waals surface area contributed by atoms with E-state index >= 15 is 0 Å². The van der Waals surface area contributed by atoms with Gasteiger partial charge < -0.3 is 15.4 Å². The van der Waals surface area contributed by atoms with Crippen LogP contribution in [0.1, 0.15) is 24.0 Å². The molecule has 27 heavy (non-hydrogen) atoms. The van der Waals surface area contributed by atoms with Crippen LogP contribution in [-0.4, -0.2) is 36.1 Å². The van der Waals surface area contributed by atoms with Crippen molar-refractivity contribution in [1.82, 2.24) is 20.6 Å². The van der Waals surface area contributed by atoms with Crippen molar-refractivity contribution in [2.45, 2.75) is 25.8 Å². The molecule has 2 heterocycles. The molecule has 3 rings (SSSR count). The molecule has 1 fully saturated rings. The molecule has 0 aromatic carbocycles. The van der Waals surface area contributed by atoms with Crippen LogP contribution < -0.4 is 15.4 Å². The second-order valence-corrected chi connectivity index (χ2v) is 6.74. The van der Waals surface area contributed by atoms with E-state index in [1.807, 2.05) is 18.2 Å². The van der Waals surface area contributed by atoms with Crippen LogP contribution in [0.4, 0.5) is 0 Å². The largest absolute Gasteiger partial charge is 0.477 e. The number of pyridine rings is 2. The van der Waals surface area contributed by atoms with Gasteiger partial charge in [0.1, 0.15) is 5.15 Å². The van der Waals surface area contributed by atoms with Gasteiger partial charge in [-0.1, -0.05) is 17.7 Å². The molecule has 0 atom stereocenters. The van der Waals surface area contributed by atoms with Gasteiger partial charge in [-0.05, 0) is 48.4 Å². The van der Waals surface area contributed by atoms with Crippen LogP contribution in [0.15, 0.2) is 41.7 Å². The lowest BCUT2D eigenvalue weighted by molar-refractivity contribution is 0.288. The average molecular weight is 502 g/mol. The van der Waals surface area contributed by atoms with Crippen LogP contribution in [0.5, 0.6) is 5.88 Å². The Hall–Kier alpha value is -1.61. The van der Waals surface area contributed by atoms with Gasteiger partial charge in [0.15, 0.2) is 5.96 Å². The van der Waals surface area contributed by atoms with Crippen molar-refractivity contribution in [1.29, 1.82) is 0 Å². The lowest BCUT2D eigenvalue weighted by atomic mass is 10.2. The summed E-state index contributed by atoms with van der Waals surface area (Å²) in [5.41, 5.74) is 2.24. The molecule has 0 unspecified atom stereocenters. The summed E-state index contributed by atoms with van der Waals surface area (Å²) >= 11 is 5.80. The van der Waals surface area contributed by atoms with Gasteiger partial charge in [-0.25, -0.2) is 9.97 Å². The Morgan fingerprint density at radius 3 is 2.78 bits per heavy atom. The molecule has 1 aliphatic carbocycles. The number of ether oxygens (including phenoxy) is 1. The molecule has 2 N–H and O–H groups in total. The van der Waals surface area contributed by atoms with Crippen molar-refractivity contribution in [3.05, 3.63) is 52.9 Å². The molecule has 0 amide bonds. The molecule has 1 aliphatic rings. The van der Waals surface area contributed by atoms with E-state index in [-0.39, 0.29) is 24.0 Å². The quantitative estimate of drug-likeness (QED) is 0.251. The molecule has 146 valence electrons. The van der Waals surface area contributed by atoms with E-state index in [0.717, 1.165) is 42.6 Å². The van der Waals surface area contributed by atoms with E-state index in [9.17, 15) is 0 Å². The first-order valence-corrected chi connectivity index (χ1v) is 9.23. The van der Waals surface area contributed by atoms with Gasteiger partial charge >= 0.3 is 0 Å². The average Bonchev–Trinajstić information content (AvgIpc) is 3.49. The third-order valence-corrected chi connectivity index (χ3v) is 4.37. The number of hydrogen-bond acceptors (Lipinski definition) is 4. The van der Waals surface area contributed by atoms with Gasteiger partial charge in [-0.15, -0.1) is 24.0 Å². The second kappa shape index (κ2) is 11.3. The minimum absolute atomic E-state index is 0. The molecule has 8 heteroatoms. The van der Waals surface area contributed by atoms with E-state index in [1.54, 1.807) is 25.5 Å². The van der Waals surface area contributed by atoms with E-state index in [2.05, 4.69) is 25.6 Å². The molecule has 0 aliphatic heterocycles. The number of aliphatic imine (C=N–C) groups is 1. The highest BCUT2D eigenvalue weighted by Gasteiger charge is 2.22. The van der Waals surface area contributed by atoms with Crippen molar-refractivity contribution in [3.8, 4) is 5.88 Å². The monoisotopic (exact) mass is 501 g/mol. The SMILES string of the molecule is CN=C(NCCc1ccc(Cl)nc1)NCc1ccnc(OCC2CC2)c1.I. The molecular weight excluding hydrogens is 477 g/mol. The smallest absolute Gasteiger partial charge is 0.213 e. The van der Waals surface area contributed by atoms with Crippen LogP contribution in [0.25, 0.3) is 0 Å². The van der Waals surface area contributed by atoms with Gasteiger partial charge in [-0.3, -0.25) is 4.99 Å². The summed E-state index contributed by atoms with van der Waals surface area (Å²) in [6, 6.07) is 7.73. The van der Waals surface area contributed by atoms with Gasteiger partial charge in [0.05, 0.1) is 6.61 Å². The van der Waals surface area contributed by atoms with E-state index < -0.39 is 0 Å². The normalized spacial score (nSPS) is 13.6. The van der Waals surface area contributed by atoms with Crippen molar-refractivity contribution >= 4 is 41.5 Å². The number of aromatic nitrogens is 2. The number of guanidine groups is 1. The number of rotatable bonds is 8. The van der Waals surface area contributed by atoms with Gasteiger partial charge in [0.2, 0.25) is 5.88 Å². The maximum Gasteiger partial charge on any atom is 0.213 e. The summed E-state index contributed by atoms with van der Waals surface area (Å²) in [6.07, 6.45) is 6.97. The lowest BCUT2D eigenvalue weighted by Gasteiger charge is -2.12. The first-order valence-electron chi connectivity index (χ1n) is 8.85. The number of hydrogen-bond donors (Lipinski definition) is 2. The summed E-state index contributed by atoms with van der Waals surface area (Å²) < 4.78 is 5.73. The molecule has 0 spiro atoms. The van der Waals surface area contributed by atoms with Crippen molar-refractivity contribution in [2.75, 3.05) is 20.2 Å².